The second-order valence-electron chi connectivity index (χ2n) is 7.71. The minimum Gasteiger partial charge on any atom is -0.458 e. The van der Waals surface area contributed by atoms with Crippen LogP contribution in [0.5, 0.6) is 11.5 Å². The Morgan fingerprint density at radius 1 is 0.879 bits per heavy atom. The Balaban J connectivity index is 2.70. The third kappa shape index (κ3) is 10.3. The van der Waals surface area contributed by atoms with Crippen LogP contribution >= 0.6 is 0 Å². The van der Waals surface area contributed by atoms with Crippen LogP contribution in [0.3, 0.4) is 0 Å². The van der Waals surface area contributed by atoms with Crippen LogP contribution in [0.15, 0.2) is 18.2 Å². The van der Waals surface area contributed by atoms with Crippen molar-refractivity contribution in [3.8, 4) is 11.5 Å². The Morgan fingerprint density at radius 2 is 1.45 bits per heavy atom. The maximum atomic E-state index is 12.4. The van der Waals surface area contributed by atoms with E-state index in [1.807, 2.05) is 6.92 Å². The molecule has 2 N–H and O–H groups in total. The number of benzene rings is 1. The molecule has 0 heterocycles. The van der Waals surface area contributed by atoms with Crippen molar-refractivity contribution in [1.29, 1.82) is 0 Å². The first-order chi connectivity index (χ1) is 15.4. The third-order valence-electron chi connectivity index (χ3n) is 4.51. The minimum atomic E-state index is -1.04. The van der Waals surface area contributed by atoms with Gasteiger partial charge in [-0.25, -0.2) is 4.79 Å². The molecule has 0 saturated heterocycles. The summed E-state index contributed by atoms with van der Waals surface area (Å²) in [7, 11) is 0. The Hall–Kier alpha value is -3.14. The van der Waals surface area contributed by atoms with Gasteiger partial charge in [-0.3, -0.25) is 14.4 Å². The van der Waals surface area contributed by atoms with Gasteiger partial charge in [0.15, 0.2) is 11.5 Å². The average molecular weight is 468 g/mol. The van der Waals surface area contributed by atoms with Crippen LogP contribution in [0, 0.1) is 0 Å². The Morgan fingerprint density at radius 3 is 2.03 bits per heavy atom. The molecule has 0 radical (unpaired) electrons. The van der Waals surface area contributed by atoms with Crippen molar-refractivity contribution < 1.29 is 42.9 Å². The maximum Gasteiger partial charge on any atom is 0.508 e. The number of hydrogen-bond acceptors (Lipinski definition) is 10. The molecule has 1 rings (SSSR count). The molecule has 0 spiro atoms. The highest BCUT2D eigenvalue weighted by molar-refractivity contribution is 5.76. The van der Waals surface area contributed by atoms with Gasteiger partial charge in [0.2, 0.25) is 0 Å². The van der Waals surface area contributed by atoms with Crippen molar-refractivity contribution in [2.45, 2.75) is 85.2 Å². The highest BCUT2D eigenvalue weighted by Crippen LogP contribution is 2.29. The van der Waals surface area contributed by atoms with E-state index in [1.165, 1.54) is 26.0 Å². The first-order valence-electron chi connectivity index (χ1n) is 10.8. The number of esters is 3. The van der Waals surface area contributed by atoms with Gasteiger partial charge in [-0.15, -0.1) is 0 Å². The number of nitrogens with two attached hydrogens (primary N) is 1. The lowest BCUT2D eigenvalue weighted by atomic mass is 10.1. The van der Waals surface area contributed by atoms with E-state index in [0.29, 0.717) is 12.0 Å². The number of hydrogen-bond donors (Lipinski definition) is 1. The molecule has 10 nitrogen and oxygen atoms in total. The first kappa shape index (κ1) is 27.9. The summed E-state index contributed by atoms with van der Waals surface area (Å²) in [6.45, 7) is 9.32. The monoisotopic (exact) mass is 467 g/mol. The molecular weight excluding hydrogens is 434 g/mol. The van der Waals surface area contributed by atoms with E-state index in [4.69, 9.17) is 29.4 Å². The fraction of sp³-hybridized carbons (Fsp3) is 0.565. The molecule has 0 bridgehead atoms. The van der Waals surface area contributed by atoms with Gasteiger partial charge in [-0.2, -0.15) is 0 Å². The van der Waals surface area contributed by atoms with Gasteiger partial charge in [0.1, 0.15) is 24.4 Å². The van der Waals surface area contributed by atoms with Gasteiger partial charge < -0.3 is 29.4 Å². The van der Waals surface area contributed by atoms with Crippen molar-refractivity contribution in [2.24, 2.45) is 5.73 Å². The molecule has 0 saturated carbocycles. The van der Waals surface area contributed by atoms with Crippen LogP contribution in [0.4, 0.5) is 4.79 Å². The van der Waals surface area contributed by atoms with Crippen molar-refractivity contribution in [3.63, 3.8) is 0 Å². The van der Waals surface area contributed by atoms with Crippen LogP contribution in [0.1, 0.15) is 59.9 Å². The molecule has 0 amide bonds. The van der Waals surface area contributed by atoms with Crippen LogP contribution in [0.25, 0.3) is 0 Å². The van der Waals surface area contributed by atoms with E-state index >= 15 is 0 Å². The molecule has 33 heavy (non-hydrogen) atoms. The lowest BCUT2D eigenvalue weighted by Crippen LogP contribution is -2.39. The standard InChI is InChI=1S/C23H33NO9/c1-7-8-13(2)29-23(28)31-15(4)14(3)30-22(27)19(24)11-18-9-10-20(32-16(5)25)21(12-18)33-17(6)26/h9-10,12-15,19H,7-8,11,24H2,1-6H3/t13?,14-,15-,19-/m0/s1. The van der Waals surface area contributed by atoms with Gasteiger partial charge in [0.25, 0.3) is 0 Å². The molecule has 0 aliphatic rings. The fourth-order valence-corrected chi connectivity index (χ4v) is 2.76. The topological polar surface area (TPSA) is 140 Å². The molecule has 10 heteroatoms. The zero-order chi connectivity index (χ0) is 25.1. The summed E-state index contributed by atoms with van der Waals surface area (Å²) in [4.78, 5) is 46.8. The number of carbonyl (C=O) groups is 4. The van der Waals surface area contributed by atoms with Crippen LogP contribution in [-0.2, 0) is 35.0 Å². The van der Waals surface area contributed by atoms with E-state index in [0.717, 1.165) is 6.42 Å². The lowest BCUT2D eigenvalue weighted by Gasteiger charge is -2.23. The second-order valence-corrected chi connectivity index (χ2v) is 7.71. The third-order valence-corrected chi connectivity index (χ3v) is 4.51. The smallest absolute Gasteiger partial charge is 0.458 e. The van der Waals surface area contributed by atoms with E-state index in [1.54, 1.807) is 26.8 Å². The molecule has 4 atom stereocenters. The fourth-order valence-electron chi connectivity index (χ4n) is 2.76. The zero-order valence-electron chi connectivity index (χ0n) is 19.9. The zero-order valence-corrected chi connectivity index (χ0v) is 19.9. The highest BCUT2D eigenvalue weighted by Gasteiger charge is 2.25. The molecule has 184 valence electrons. The van der Waals surface area contributed by atoms with Gasteiger partial charge in [-0.05, 0) is 51.3 Å². The summed E-state index contributed by atoms with van der Waals surface area (Å²) >= 11 is 0. The summed E-state index contributed by atoms with van der Waals surface area (Å²) in [5.41, 5.74) is 6.52. The molecule has 1 aromatic carbocycles. The predicted octanol–water partition coefficient (Wildman–Crippen LogP) is 3.07. The van der Waals surface area contributed by atoms with E-state index in [9.17, 15) is 19.2 Å². The predicted molar refractivity (Wildman–Crippen MR) is 118 cm³/mol. The average Bonchev–Trinajstić information content (AvgIpc) is 2.68. The molecule has 0 aromatic heterocycles. The number of ether oxygens (including phenoxy) is 5. The summed E-state index contributed by atoms with van der Waals surface area (Å²) < 4.78 is 25.7. The molecule has 1 unspecified atom stereocenters. The van der Waals surface area contributed by atoms with E-state index < -0.39 is 42.3 Å². The molecule has 0 aliphatic carbocycles. The summed E-state index contributed by atoms with van der Waals surface area (Å²) in [5, 5.41) is 0. The SMILES string of the molecule is CCCC(C)OC(=O)O[C@@H](C)[C@H](C)OC(=O)[C@@H](N)Cc1ccc(OC(C)=O)c(OC(C)=O)c1. The van der Waals surface area contributed by atoms with Crippen molar-refractivity contribution in [2.75, 3.05) is 0 Å². The lowest BCUT2D eigenvalue weighted by molar-refractivity contribution is -0.155. The van der Waals surface area contributed by atoms with Crippen LogP contribution in [0.2, 0.25) is 0 Å². The van der Waals surface area contributed by atoms with Gasteiger partial charge in [0.05, 0.1) is 0 Å². The van der Waals surface area contributed by atoms with Gasteiger partial charge >= 0.3 is 24.1 Å². The van der Waals surface area contributed by atoms with Crippen molar-refractivity contribution in [3.05, 3.63) is 23.8 Å². The maximum absolute atomic E-state index is 12.4. The Labute approximate surface area is 193 Å². The highest BCUT2D eigenvalue weighted by atomic mass is 16.7. The largest absolute Gasteiger partial charge is 0.508 e. The quantitative estimate of drug-likeness (QED) is 0.381. The van der Waals surface area contributed by atoms with E-state index in [-0.39, 0.29) is 24.0 Å². The van der Waals surface area contributed by atoms with Crippen molar-refractivity contribution in [1.82, 2.24) is 0 Å². The normalized spacial score (nSPS) is 14.3. The second kappa shape index (κ2) is 13.4. The van der Waals surface area contributed by atoms with Gasteiger partial charge in [0, 0.05) is 13.8 Å². The first-order valence-corrected chi connectivity index (χ1v) is 10.8. The van der Waals surface area contributed by atoms with Gasteiger partial charge in [-0.1, -0.05) is 19.4 Å². The summed E-state index contributed by atoms with van der Waals surface area (Å²) in [5.74, 6) is -1.79. The van der Waals surface area contributed by atoms with E-state index in [2.05, 4.69) is 0 Å². The summed E-state index contributed by atoms with van der Waals surface area (Å²) in [6, 6.07) is 3.44. The number of carbonyl (C=O) groups excluding carboxylic acids is 4. The molecular formula is C23H33NO9. The van der Waals surface area contributed by atoms with Crippen LogP contribution < -0.4 is 15.2 Å². The van der Waals surface area contributed by atoms with Crippen LogP contribution in [-0.4, -0.2) is 48.4 Å². The number of rotatable bonds is 11. The van der Waals surface area contributed by atoms with Crippen molar-refractivity contribution >= 4 is 24.1 Å². The Bertz CT molecular complexity index is 839. The molecule has 0 fully saturated rings. The summed E-state index contributed by atoms with van der Waals surface area (Å²) in [6.07, 6.45) is -0.978. The molecule has 1 aromatic rings. The Kier molecular flexibility index (Phi) is 11.3. The minimum absolute atomic E-state index is 0.0296. The molecule has 0 aliphatic heterocycles.